The van der Waals surface area contributed by atoms with Gasteiger partial charge in [0.25, 0.3) is 0 Å². The van der Waals surface area contributed by atoms with Gasteiger partial charge in [0.15, 0.2) is 0 Å². The first kappa shape index (κ1) is 22.2. The van der Waals surface area contributed by atoms with Gasteiger partial charge in [0.1, 0.15) is 6.54 Å². The Balaban J connectivity index is 1.64. The first-order chi connectivity index (χ1) is 15.2. The molecule has 32 heavy (non-hydrogen) atoms. The highest BCUT2D eigenvalue weighted by Gasteiger charge is 2.22. The molecule has 1 heterocycles. The predicted octanol–water partition coefficient (Wildman–Crippen LogP) is 5.18. The summed E-state index contributed by atoms with van der Waals surface area (Å²) in [5.74, 6) is -0.439. The third-order valence-electron chi connectivity index (χ3n) is 5.50. The Labute approximate surface area is 192 Å². The Bertz CT molecular complexity index is 1440. The lowest BCUT2D eigenvalue weighted by atomic mass is 10.1. The Morgan fingerprint density at radius 2 is 1.75 bits per heavy atom. The molecule has 0 unspecified atom stereocenters. The molecular formula is C24H24ClN3O3S. The number of halogens is 1. The van der Waals surface area contributed by atoms with Crippen LogP contribution in [0.25, 0.3) is 21.8 Å². The number of carbonyl (C=O) groups is 1. The molecule has 4 rings (SSSR count). The standard InChI is InChI=1S/C24H24ClN3O3S/c1-4-27-22-8-6-5-7-19(22)20-13-17(10-12-23(20)27)26-24(29)15-28(32(3,30)31)18-11-9-16(2)21(25)14-18/h5-14H,4,15H2,1-3H3,(H,26,29). The van der Waals surface area contributed by atoms with Crippen molar-refractivity contribution >= 4 is 60.7 Å². The number of anilines is 2. The zero-order valence-corrected chi connectivity index (χ0v) is 19.7. The second-order valence-electron chi connectivity index (χ2n) is 7.74. The van der Waals surface area contributed by atoms with Gasteiger partial charge in [-0.3, -0.25) is 9.10 Å². The second-order valence-corrected chi connectivity index (χ2v) is 10.1. The van der Waals surface area contributed by atoms with E-state index < -0.39 is 15.9 Å². The van der Waals surface area contributed by atoms with E-state index in [0.717, 1.165) is 44.5 Å². The van der Waals surface area contributed by atoms with Crippen molar-refractivity contribution in [1.29, 1.82) is 0 Å². The average molecular weight is 470 g/mol. The number of para-hydroxylation sites is 1. The molecule has 0 aliphatic carbocycles. The Kier molecular flexibility index (Phi) is 5.88. The highest BCUT2D eigenvalue weighted by molar-refractivity contribution is 7.92. The van der Waals surface area contributed by atoms with Gasteiger partial charge >= 0.3 is 0 Å². The first-order valence-electron chi connectivity index (χ1n) is 10.2. The number of nitrogens with zero attached hydrogens (tertiary/aromatic N) is 2. The minimum absolute atomic E-state index is 0.347. The lowest BCUT2D eigenvalue weighted by Crippen LogP contribution is -2.37. The van der Waals surface area contributed by atoms with E-state index in [4.69, 9.17) is 11.6 Å². The molecule has 1 N–H and O–H groups in total. The molecule has 0 saturated heterocycles. The fourth-order valence-corrected chi connectivity index (χ4v) is 4.96. The number of sulfonamides is 1. The van der Waals surface area contributed by atoms with E-state index in [1.54, 1.807) is 18.2 Å². The summed E-state index contributed by atoms with van der Waals surface area (Å²) in [7, 11) is -3.69. The Hall–Kier alpha value is -3.03. The van der Waals surface area contributed by atoms with E-state index >= 15 is 0 Å². The summed E-state index contributed by atoms with van der Waals surface area (Å²) in [6, 6.07) is 18.8. The van der Waals surface area contributed by atoms with E-state index in [9.17, 15) is 13.2 Å². The lowest BCUT2D eigenvalue weighted by molar-refractivity contribution is -0.114. The van der Waals surface area contributed by atoms with Crippen LogP contribution in [0.2, 0.25) is 5.02 Å². The van der Waals surface area contributed by atoms with Gasteiger partial charge in [-0.15, -0.1) is 0 Å². The van der Waals surface area contributed by atoms with Crippen LogP contribution in [0.5, 0.6) is 0 Å². The molecule has 0 atom stereocenters. The van der Waals surface area contributed by atoms with Gasteiger partial charge in [-0.1, -0.05) is 35.9 Å². The van der Waals surface area contributed by atoms with Crippen LogP contribution < -0.4 is 9.62 Å². The molecule has 0 saturated carbocycles. The van der Waals surface area contributed by atoms with Crippen LogP contribution >= 0.6 is 11.6 Å². The molecule has 0 radical (unpaired) electrons. The van der Waals surface area contributed by atoms with E-state index in [0.29, 0.717) is 16.4 Å². The van der Waals surface area contributed by atoms with Crippen molar-refractivity contribution in [3.05, 3.63) is 71.2 Å². The van der Waals surface area contributed by atoms with Crippen molar-refractivity contribution in [3.8, 4) is 0 Å². The molecule has 166 valence electrons. The fraction of sp³-hybridized carbons (Fsp3) is 0.208. The topological polar surface area (TPSA) is 71.4 Å². The van der Waals surface area contributed by atoms with Gasteiger partial charge in [0.2, 0.25) is 15.9 Å². The van der Waals surface area contributed by atoms with Crippen LogP contribution in [0.1, 0.15) is 12.5 Å². The molecule has 0 bridgehead atoms. The quantitative estimate of drug-likeness (QED) is 0.423. The van der Waals surface area contributed by atoms with Crippen LogP contribution in [0.4, 0.5) is 11.4 Å². The lowest BCUT2D eigenvalue weighted by Gasteiger charge is -2.22. The van der Waals surface area contributed by atoms with Crippen molar-refractivity contribution in [2.45, 2.75) is 20.4 Å². The maximum atomic E-state index is 12.8. The highest BCUT2D eigenvalue weighted by Crippen LogP contribution is 2.31. The molecule has 0 aliphatic rings. The molecule has 0 aliphatic heterocycles. The van der Waals surface area contributed by atoms with Gasteiger partial charge in [0.05, 0.1) is 11.9 Å². The average Bonchev–Trinajstić information content (AvgIpc) is 3.06. The molecular weight excluding hydrogens is 446 g/mol. The summed E-state index contributed by atoms with van der Waals surface area (Å²) >= 11 is 6.17. The summed E-state index contributed by atoms with van der Waals surface area (Å²) in [5.41, 5.74) is 4.00. The van der Waals surface area contributed by atoms with Crippen molar-refractivity contribution in [1.82, 2.24) is 4.57 Å². The number of carbonyl (C=O) groups excluding carboxylic acids is 1. The number of rotatable bonds is 6. The number of amides is 1. The molecule has 3 aromatic carbocycles. The Morgan fingerprint density at radius 3 is 2.44 bits per heavy atom. The fourth-order valence-electron chi connectivity index (χ4n) is 3.94. The SMILES string of the molecule is CCn1c2ccccc2c2cc(NC(=O)CN(c3ccc(C)c(Cl)c3)S(C)(=O)=O)ccc21. The van der Waals surface area contributed by atoms with Crippen LogP contribution in [0, 0.1) is 6.92 Å². The van der Waals surface area contributed by atoms with Crippen molar-refractivity contribution in [2.24, 2.45) is 0 Å². The summed E-state index contributed by atoms with van der Waals surface area (Å²) < 4.78 is 28.0. The molecule has 1 aromatic heterocycles. The normalized spacial score (nSPS) is 11.8. The second kappa shape index (κ2) is 8.48. The molecule has 0 fully saturated rings. The predicted molar refractivity (Wildman–Crippen MR) is 132 cm³/mol. The monoisotopic (exact) mass is 469 g/mol. The third kappa shape index (κ3) is 4.18. The maximum absolute atomic E-state index is 12.8. The van der Waals surface area contributed by atoms with Gasteiger partial charge < -0.3 is 9.88 Å². The highest BCUT2D eigenvalue weighted by atomic mass is 35.5. The van der Waals surface area contributed by atoms with Gasteiger partial charge in [-0.25, -0.2) is 8.42 Å². The van der Waals surface area contributed by atoms with Gasteiger partial charge in [-0.05, 0) is 55.8 Å². The number of hydrogen-bond donors (Lipinski definition) is 1. The smallest absolute Gasteiger partial charge is 0.245 e. The molecule has 8 heteroatoms. The number of aromatic nitrogens is 1. The number of benzene rings is 3. The Morgan fingerprint density at radius 1 is 1.03 bits per heavy atom. The molecule has 1 amide bonds. The van der Waals surface area contributed by atoms with Crippen LogP contribution in [0.3, 0.4) is 0 Å². The number of fused-ring (bicyclic) bond motifs is 3. The maximum Gasteiger partial charge on any atom is 0.245 e. The zero-order chi connectivity index (χ0) is 23.0. The van der Waals surface area contributed by atoms with Crippen LogP contribution in [-0.2, 0) is 21.4 Å². The summed E-state index contributed by atoms with van der Waals surface area (Å²) in [5, 5.41) is 5.41. The summed E-state index contributed by atoms with van der Waals surface area (Å²) in [6.07, 6.45) is 1.07. The van der Waals surface area contributed by atoms with Crippen molar-refractivity contribution in [3.63, 3.8) is 0 Å². The minimum Gasteiger partial charge on any atom is -0.341 e. The number of hydrogen-bond acceptors (Lipinski definition) is 3. The van der Waals surface area contributed by atoms with Crippen LogP contribution in [-0.4, -0.2) is 31.7 Å². The largest absolute Gasteiger partial charge is 0.341 e. The minimum atomic E-state index is -3.69. The van der Waals surface area contributed by atoms with Gasteiger partial charge in [0, 0.05) is 39.1 Å². The van der Waals surface area contributed by atoms with Crippen molar-refractivity contribution in [2.75, 3.05) is 22.4 Å². The van der Waals surface area contributed by atoms with E-state index in [1.807, 2.05) is 37.3 Å². The molecule has 6 nitrogen and oxygen atoms in total. The van der Waals surface area contributed by atoms with Gasteiger partial charge in [-0.2, -0.15) is 0 Å². The van der Waals surface area contributed by atoms with Crippen molar-refractivity contribution < 1.29 is 13.2 Å². The molecule has 0 spiro atoms. The number of nitrogens with one attached hydrogen (secondary N) is 1. The van der Waals surface area contributed by atoms with E-state index in [1.165, 1.54) is 0 Å². The molecule has 4 aromatic rings. The number of aryl methyl sites for hydroxylation is 2. The van der Waals surface area contributed by atoms with E-state index in [2.05, 4.69) is 28.9 Å². The third-order valence-corrected chi connectivity index (χ3v) is 7.05. The summed E-state index contributed by atoms with van der Waals surface area (Å²) in [4.78, 5) is 12.8. The first-order valence-corrected chi connectivity index (χ1v) is 12.5. The van der Waals surface area contributed by atoms with E-state index in [-0.39, 0.29) is 6.54 Å². The van der Waals surface area contributed by atoms with Crippen LogP contribution in [0.15, 0.2) is 60.7 Å². The summed E-state index contributed by atoms with van der Waals surface area (Å²) in [6.45, 7) is 4.40. The zero-order valence-electron chi connectivity index (χ0n) is 18.1.